The maximum absolute atomic E-state index is 13.1. The van der Waals surface area contributed by atoms with Crippen molar-refractivity contribution in [1.29, 1.82) is 0 Å². The molecule has 0 radical (unpaired) electrons. The number of nitrogens with zero attached hydrogens (tertiary/aromatic N) is 1. The van der Waals surface area contributed by atoms with E-state index in [-0.39, 0.29) is 25.0 Å². The zero-order chi connectivity index (χ0) is 16.4. The number of hydrogen-bond acceptors (Lipinski definition) is 3. The Balaban J connectivity index is 0.00000264. The van der Waals surface area contributed by atoms with E-state index in [0.717, 1.165) is 18.6 Å². The Morgan fingerprint density at radius 3 is 2.48 bits per heavy atom. The third-order valence-corrected chi connectivity index (χ3v) is 5.86. The maximum Gasteiger partial charge on any atom is 0.417 e. The molecule has 0 amide bonds. The molecule has 1 aliphatic heterocycles. The molecule has 1 fully saturated rings. The van der Waals surface area contributed by atoms with Gasteiger partial charge in [-0.1, -0.05) is 18.6 Å². The SMILES string of the molecule is Cl.NCCC1CCCCN1S(=O)(=O)c1ccccc1C(F)(F)F. The van der Waals surface area contributed by atoms with Crippen LogP contribution in [0.2, 0.25) is 0 Å². The summed E-state index contributed by atoms with van der Waals surface area (Å²) in [6.45, 7) is 0.538. The average molecular weight is 373 g/mol. The van der Waals surface area contributed by atoms with Crippen molar-refractivity contribution < 1.29 is 21.6 Å². The zero-order valence-electron chi connectivity index (χ0n) is 12.4. The molecule has 0 aromatic heterocycles. The lowest BCUT2D eigenvalue weighted by atomic mass is 10.0. The van der Waals surface area contributed by atoms with Gasteiger partial charge in [0.1, 0.15) is 0 Å². The highest BCUT2D eigenvalue weighted by Gasteiger charge is 2.40. The van der Waals surface area contributed by atoms with Crippen LogP contribution < -0.4 is 5.73 Å². The third kappa shape index (κ3) is 4.37. The van der Waals surface area contributed by atoms with Gasteiger partial charge >= 0.3 is 6.18 Å². The van der Waals surface area contributed by atoms with E-state index in [1.807, 2.05) is 0 Å². The summed E-state index contributed by atoms with van der Waals surface area (Å²) in [5.74, 6) is 0. The van der Waals surface area contributed by atoms with Gasteiger partial charge in [0, 0.05) is 12.6 Å². The van der Waals surface area contributed by atoms with Crippen molar-refractivity contribution in [1.82, 2.24) is 4.31 Å². The van der Waals surface area contributed by atoms with Gasteiger partial charge in [0.25, 0.3) is 0 Å². The van der Waals surface area contributed by atoms with Crippen LogP contribution in [0.4, 0.5) is 13.2 Å². The Bertz CT molecular complexity index is 621. The third-order valence-electron chi connectivity index (χ3n) is 3.85. The Morgan fingerprint density at radius 1 is 1.22 bits per heavy atom. The van der Waals surface area contributed by atoms with Gasteiger partial charge in [0.15, 0.2) is 0 Å². The molecule has 0 spiro atoms. The molecule has 0 bridgehead atoms. The van der Waals surface area contributed by atoms with Crippen molar-refractivity contribution in [3.63, 3.8) is 0 Å². The van der Waals surface area contributed by atoms with E-state index in [0.29, 0.717) is 25.8 Å². The second kappa shape index (κ2) is 7.83. The molecule has 1 atom stereocenters. The lowest BCUT2D eigenvalue weighted by molar-refractivity contribution is -0.139. The van der Waals surface area contributed by atoms with E-state index in [9.17, 15) is 21.6 Å². The standard InChI is InChI=1S/C14H19F3N2O2S.ClH/c15-14(16,17)12-6-1-2-7-13(12)22(20,21)19-10-4-3-5-11(19)8-9-18;/h1-2,6-7,11H,3-5,8-10,18H2;1H. The molecule has 0 aliphatic carbocycles. The molecule has 4 nitrogen and oxygen atoms in total. The van der Waals surface area contributed by atoms with Crippen LogP contribution in [-0.4, -0.2) is 31.9 Å². The van der Waals surface area contributed by atoms with E-state index >= 15 is 0 Å². The fourth-order valence-electron chi connectivity index (χ4n) is 2.82. The fourth-order valence-corrected chi connectivity index (χ4v) is 4.76. The highest BCUT2D eigenvalue weighted by molar-refractivity contribution is 7.89. The fraction of sp³-hybridized carbons (Fsp3) is 0.571. The Hall–Kier alpha value is -0.830. The minimum absolute atomic E-state index is 0. The molecule has 0 saturated carbocycles. The first-order chi connectivity index (χ1) is 10.3. The van der Waals surface area contributed by atoms with Gasteiger partial charge in [-0.15, -0.1) is 12.4 Å². The largest absolute Gasteiger partial charge is 0.417 e. The first-order valence-electron chi connectivity index (χ1n) is 7.16. The highest BCUT2D eigenvalue weighted by atomic mass is 35.5. The molecule has 1 saturated heterocycles. The normalized spacial score (nSPS) is 20.1. The van der Waals surface area contributed by atoms with Gasteiger partial charge in [-0.2, -0.15) is 17.5 Å². The van der Waals surface area contributed by atoms with Gasteiger partial charge < -0.3 is 5.73 Å². The molecule has 23 heavy (non-hydrogen) atoms. The summed E-state index contributed by atoms with van der Waals surface area (Å²) in [5.41, 5.74) is 4.38. The molecular weight excluding hydrogens is 353 g/mol. The van der Waals surface area contributed by atoms with Crippen LogP contribution >= 0.6 is 12.4 Å². The van der Waals surface area contributed by atoms with Gasteiger partial charge in [0.2, 0.25) is 10.0 Å². The minimum Gasteiger partial charge on any atom is -0.330 e. The molecule has 132 valence electrons. The van der Waals surface area contributed by atoms with Gasteiger partial charge in [-0.05, 0) is 37.9 Å². The molecule has 1 unspecified atom stereocenters. The summed E-state index contributed by atoms with van der Waals surface area (Å²) in [7, 11) is -4.19. The predicted molar refractivity (Wildman–Crippen MR) is 83.9 cm³/mol. The summed E-state index contributed by atoms with van der Waals surface area (Å²) in [5, 5.41) is 0. The number of hydrogen-bond donors (Lipinski definition) is 1. The summed E-state index contributed by atoms with van der Waals surface area (Å²) in [6, 6.07) is 3.99. The molecule has 1 aromatic carbocycles. The van der Waals surface area contributed by atoms with Gasteiger partial charge in [0.05, 0.1) is 10.5 Å². The first-order valence-corrected chi connectivity index (χ1v) is 8.60. The number of halogens is 4. The smallest absolute Gasteiger partial charge is 0.330 e. The van der Waals surface area contributed by atoms with Crippen molar-refractivity contribution in [2.75, 3.05) is 13.1 Å². The molecule has 1 aromatic rings. The number of piperidine rings is 1. The van der Waals surface area contributed by atoms with Crippen LogP contribution in [0.1, 0.15) is 31.2 Å². The monoisotopic (exact) mass is 372 g/mol. The van der Waals surface area contributed by atoms with Crippen LogP contribution in [0.3, 0.4) is 0 Å². The van der Waals surface area contributed by atoms with E-state index in [4.69, 9.17) is 5.73 Å². The second-order valence-corrected chi connectivity index (χ2v) is 7.20. The molecule has 1 heterocycles. The van der Waals surface area contributed by atoms with Crippen molar-refractivity contribution in [3.8, 4) is 0 Å². The van der Waals surface area contributed by atoms with Crippen LogP contribution in [-0.2, 0) is 16.2 Å². The number of sulfonamides is 1. The van der Waals surface area contributed by atoms with Crippen molar-refractivity contribution in [2.24, 2.45) is 5.73 Å². The van der Waals surface area contributed by atoms with Gasteiger partial charge in [-0.25, -0.2) is 8.42 Å². The summed E-state index contributed by atoms with van der Waals surface area (Å²) >= 11 is 0. The summed E-state index contributed by atoms with van der Waals surface area (Å²) in [6.07, 6.45) is -2.12. The molecular formula is C14H20ClF3N2O2S. The van der Waals surface area contributed by atoms with Crippen LogP contribution in [0.25, 0.3) is 0 Å². The number of alkyl halides is 3. The number of nitrogens with two attached hydrogens (primary N) is 1. The zero-order valence-corrected chi connectivity index (χ0v) is 14.1. The predicted octanol–water partition coefficient (Wildman–Crippen LogP) is 3.02. The number of benzene rings is 1. The van der Waals surface area contributed by atoms with E-state index in [1.165, 1.54) is 16.4 Å². The van der Waals surface area contributed by atoms with E-state index < -0.39 is 26.7 Å². The van der Waals surface area contributed by atoms with Crippen LogP contribution in [0, 0.1) is 0 Å². The molecule has 2 N–H and O–H groups in total. The molecule has 2 rings (SSSR count). The van der Waals surface area contributed by atoms with Crippen LogP contribution in [0.15, 0.2) is 29.2 Å². The lowest BCUT2D eigenvalue weighted by Crippen LogP contribution is -2.45. The topological polar surface area (TPSA) is 63.4 Å². The number of rotatable bonds is 4. The Morgan fingerprint density at radius 2 is 1.87 bits per heavy atom. The van der Waals surface area contributed by atoms with Crippen molar-refractivity contribution >= 4 is 22.4 Å². The maximum atomic E-state index is 13.1. The Kier molecular flexibility index (Phi) is 6.88. The minimum atomic E-state index is -4.71. The molecule has 9 heteroatoms. The first kappa shape index (κ1) is 20.2. The highest BCUT2D eigenvalue weighted by Crippen LogP contribution is 2.36. The van der Waals surface area contributed by atoms with Crippen molar-refractivity contribution in [3.05, 3.63) is 29.8 Å². The summed E-state index contributed by atoms with van der Waals surface area (Å²) in [4.78, 5) is -0.675. The molecule has 1 aliphatic rings. The van der Waals surface area contributed by atoms with Crippen molar-refractivity contribution in [2.45, 2.75) is 42.8 Å². The Labute approximate surface area is 140 Å². The van der Waals surface area contributed by atoms with E-state index in [1.54, 1.807) is 0 Å². The summed E-state index contributed by atoms with van der Waals surface area (Å²) < 4.78 is 65.9. The van der Waals surface area contributed by atoms with E-state index in [2.05, 4.69) is 0 Å². The second-order valence-electron chi connectivity index (χ2n) is 5.34. The van der Waals surface area contributed by atoms with Gasteiger partial charge in [-0.3, -0.25) is 0 Å². The average Bonchev–Trinajstić information content (AvgIpc) is 2.47. The quantitative estimate of drug-likeness (QED) is 0.883. The van der Waals surface area contributed by atoms with Crippen LogP contribution in [0.5, 0.6) is 0 Å². The lowest BCUT2D eigenvalue weighted by Gasteiger charge is -2.35.